The summed E-state index contributed by atoms with van der Waals surface area (Å²) in [5.74, 6) is 0.734. The number of ether oxygens (including phenoxy) is 1. The lowest BCUT2D eigenvalue weighted by Crippen LogP contribution is -2.25. The molecule has 0 saturated carbocycles. The number of azo groups is 1. The van der Waals surface area contributed by atoms with Gasteiger partial charge >= 0.3 is 0 Å². The number of amides is 1. The van der Waals surface area contributed by atoms with Gasteiger partial charge in [0.15, 0.2) is 0 Å². The monoisotopic (exact) mass is 456 g/mol. The lowest BCUT2D eigenvalue weighted by atomic mass is 10.1. The van der Waals surface area contributed by atoms with E-state index in [1.807, 2.05) is 87.4 Å². The SMILES string of the molecule is CC(C)=CCOc1ccc(CCNC(=O)c2ccc(N=Nc3ccc(N(C)C)cc3)cc2)cc1. The van der Waals surface area contributed by atoms with E-state index in [-0.39, 0.29) is 5.91 Å². The standard InChI is InChI=1S/C28H32N4O2/c1-21(2)18-20-34-27-15-5-22(6-16-27)17-19-29-28(33)23-7-9-24(10-8-23)30-31-25-11-13-26(14-12-25)32(3)4/h5-16,18H,17,19-20H2,1-4H3,(H,29,33). The highest BCUT2D eigenvalue weighted by Crippen LogP contribution is 2.21. The van der Waals surface area contributed by atoms with Crippen LogP contribution in [0.5, 0.6) is 5.75 Å². The molecular weight excluding hydrogens is 424 g/mol. The Morgan fingerprint density at radius 2 is 1.47 bits per heavy atom. The fourth-order valence-electron chi connectivity index (χ4n) is 3.09. The quantitative estimate of drug-likeness (QED) is 0.280. The summed E-state index contributed by atoms with van der Waals surface area (Å²) in [5, 5.41) is 11.5. The highest BCUT2D eigenvalue weighted by molar-refractivity contribution is 5.94. The number of benzene rings is 3. The zero-order chi connectivity index (χ0) is 24.3. The summed E-state index contributed by atoms with van der Waals surface area (Å²) in [6.07, 6.45) is 2.79. The Morgan fingerprint density at radius 1 is 0.882 bits per heavy atom. The molecular formula is C28H32N4O2. The van der Waals surface area contributed by atoms with E-state index < -0.39 is 0 Å². The van der Waals surface area contributed by atoms with Crippen molar-refractivity contribution in [1.29, 1.82) is 0 Å². The second kappa shape index (κ2) is 12.3. The molecule has 0 aromatic heterocycles. The predicted octanol–water partition coefficient (Wildman–Crippen LogP) is 6.49. The summed E-state index contributed by atoms with van der Waals surface area (Å²) in [6, 6.07) is 22.9. The van der Waals surface area contributed by atoms with Gasteiger partial charge in [0.2, 0.25) is 0 Å². The van der Waals surface area contributed by atoms with Crippen LogP contribution in [0.15, 0.2) is 94.7 Å². The normalized spacial score (nSPS) is 10.7. The molecule has 1 amide bonds. The number of carbonyl (C=O) groups is 1. The molecule has 0 aliphatic carbocycles. The first-order valence-corrected chi connectivity index (χ1v) is 11.3. The summed E-state index contributed by atoms with van der Waals surface area (Å²) < 4.78 is 5.68. The molecule has 0 atom stereocenters. The van der Waals surface area contributed by atoms with Gasteiger partial charge in [-0.05, 0) is 92.6 Å². The molecule has 0 bridgehead atoms. The minimum Gasteiger partial charge on any atom is -0.490 e. The lowest BCUT2D eigenvalue weighted by molar-refractivity contribution is 0.0954. The van der Waals surface area contributed by atoms with Crippen LogP contribution < -0.4 is 15.0 Å². The van der Waals surface area contributed by atoms with Gasteiger partial charge in [-0.2, -0.15) is 10.2 Å². The number of rotatable bonds is 10. The van der Waals surface area contributed by atoms with Gasteiger partial charge in [-0.15, -0.1) is 0 Å². The zero-order valence-electron chi connectivity index (χ0n) is 20.3. The van der Waals surface area contributed by atoms with Crippen molar-refractivity contribution in [2.45, 2.75) is 20.3 Å². The van der Waals surface area contributed by atoms with E-state index in [2.05, 4.69) is 15.5 Å². The first kappa shape index (κ1) is 24.7. The number of allylic oxidation sites excluding steroid dienone is 1. The second-order valence-electron chi connectivity index (χ2n) is 8.40. The maximum atomic E-state index is 12.4. The van der Waals surface area contributed by atoms with Crippen LogP contribution in [-0.4, -0.2) is 33.2 Å². The summed E-state index contributed by atoms with van der Waals surface area (Å²) in [6.45, 7) is 5.23. The van der Waals surface area contributed by atoms with E-state index in [0.717, 1.165) is 29.1 Å². The van der Waals surface area contributed by atoms with Crippen LogP contribution in [-0.2, 0) is 6.42 Å². The maximum Gasteiger partial charge on any atom is 0.251 e. The highest BCUT2D eigenvalue weighted by Gasteiger charge is 2.05. The van der Waals surface area contributed by atoms with Crippen LogP contribution >= 0.6 is 0 Å². The van der Waals surface area contributed by atoms with Gasteiger partial charge in [0.1, 0.15) is 12.4 Å². The van der Waals surface area contributed by atoms with Gasteiger partial charge in [-0.3, -0.25) is 4.79 Å². The van der Waals surface area contributed by atoms with Crippen LogP contribution in [0.1, 0.15) is 29.8 Å². The van der Waals surface area contributed by atoms with E-state index in [1.165, 1.54) is 5.57 Å². The van der Waals surface area contributed by atoms with Gasteiger partial charge in [0.05, 0.1) is 11.4 Å². The molecule has 0 spiro atoms. The molecule has 0 saturated heterocycles. The zero-order valence-corrected chi connectivity index (χ0v) is 20.3. The highest BCUT2D eigenvalue weighted by atomic mass is 16.5. The summed E-state index contributed by atoms with van der Waals surface area (Å²) in [4.78, 5) is 14.5. The Labute approximate surface area is 202 Å². The molecule has 34 heavy (non-hydrogen) atoms. The van der Waals surface area contributed by atoms with Crippen LogP contribution in [0.2, 0.25) is 0 Å². The summed E-state index contributed by atoms with van der Waals surface area (Å²) in [5.41, 5.74) is 5.55. The molecule has 6 nitrogen and oxygen atoms in total. The van der Waals surface area contributed by atoms with E-state index in [1.54, 1.807) is 24.3 Å². The van der Waals surface area contributed by atoms with Crippen molar-refractivity contribution in [3.05, 3.63) is 95.6 Å². The third-order valence-corrected chi connectivity index (χ3v) is 5.14. The Balaban J connectivity index is 1.45. The van der Waals surface area contributed by atoms with Crippen molar-refractivity contribution in [2.75, 3.05) is 32.1 Å². The Hall–Kier alpha value is -3.93. The number of anilines is 1. The third-order valence-electron chi connectivity index (χ3n) is 5.14. The number of nitrogens with zero attached hydrogens (tertiary/aromatic N) is 3. The second-order valence-corrected chi connectivity index (χ2v) is 8.40. The fraction of sp³-hybridized carbons (Fsp3) is 0.250. The number of hydrogen-bond donors (Lipinski definition) is 1. The third kappa shape index (κ3) is 7.89. The molecule has 3 aromatic carbocycles. The van der Waals surface area contributed by atoms with E-state index in [0.29, 0.717) is 24.4 Å². The largest absolute Gasteiger partial charge is 0.490 e. The van der Waals surface area contributed by atoms with E-state index in [4.69, 9.17) is 4.74 Å². The fourth-order valence-corrected chi connectivity index (χ4v) is 3.09. The van der Waals surface area contributed by atoms with Gasteiger partial charge in [0.25, 0.3) is 5.91 Å². The molecule has 0 heterocycles. The minimum absolute atomic E-state index is 0.107. The summed E-state index contributed by atoms with van der Waals surface area (Å²) >= 11 is 0. The van der Waals surface area contributed by atoms with Crippen molar-refractivity contribution >= 4 is 23.0 Å². The topological polar surface area (TPSA) is 66.3 Å². The van der Waals surface area contributed by atoms with E-state index in [9.17, 15) is 4.79 Å². The average molecular weight is 457 g/mol. The van der Waals surface area contributed by atoms with Crippen LogP contribution in [0.3, 0.4) is 0 Å². The molecule has 6 heteroatoms. The van der Waals surface area contributed by atoms with Crippen molar-refractivity contribution < 1.29 is 9.53 Å². The minimum atomic E-state index is -0.107. The van der Waals surface area contributed by atoms with Crippen molar-refractivity contribution in [3.8, 4) is 5.75 Å². The number of carbonyl (C=O) groups excluding carboxylic acids is 1. The molecule has 3 rings (SSSR count). The Morgan fingerprint density at radius 3 is 2.03 bits per heavy atom. The first-order chi connectivity index (χ1) is 16.4. The van der Waals surface area contributed by atoms with Gasteiger partial charge in [-0.1, -0.05) is 17.7 Å². The van der Waals surface area contributed by atoms with Gasteiger partial charge < -0.3 is 15.0 Å². The maximum absolute atomic E-state index is 12.4. The van der Waals surface area contributed by atoms with Gasteiger partial charge in [0, 0.05) is 31.9 Å². The molecule has 176 valence electrons. The molecule has 0 unspecified atom stereocenters. The summed E-state index contributed by atoms with van der Waals surface area (Å²) in [7, 11) is 3.99. The van der Waals surface area contributed by atoms with Crippen molar-refractivity contribution in [2.24, 2.45) is 10.2 Å². The molecule has 3 aromatic rings. The molecule has 0 radical (unpaired) electrons. The predicted molar refractivity (Wildman–Crippen MR) is 139 cm³/mol. The lowest BCUT2D eigenvalue weighted by Gasteiger charge is -2.11. The Kier molecular flexibility index (Phi) is 8.97. The number of nitrogens with one attached hydrogen (secondary N) is 1. The smallest absolute Gasteiger partial charge is 0.251 e. The van der Waals surface area contributed by atoms with Crippen LogP contribution in [0.25, 0.3) is 0 Å². The molecule has 0 aliphatic heterocycles. The number of hydrogen-bond acceptors (Lipinski definition) is 5. The van der Waals surface area contributed by atoms with Gasteiger partial charge in [-0.25, -0.2) is 0 Å². The van der Waals surface area contributed by atoms with E-state index >= 15 is 0 Å². The Bertz CT molecular complexity index is 1110. The molecule has 0 fully saturated rings. The molecule has 1 N–H and O–H groups in total. The van der Waals surface area contributed by atoms with Crippen molar-refractivity contribution in [3.63, 3.8) is 0 Å². The average Bonchev–Trinajstić information content (AvgIpc) is 2.84. The van der Waals surface area contributed by atoms with Crippen molar-refractivity contribution in [1.82, 2.24) is 5.32 Å². The van der Waals surface area contributed by atoms with Crippen LogP contribution in [0.4, 0.5) is 17.1 Å². The molecule has 0 aliphatic rings. The van der Waals surface area contributed by atoms with Crippen LogP contribution in [0, 0.1) is 0 Å². The first-order valence-electron chi connectivity index (χ1n) is 11.3.